The summed E-state index contributed by atoms with van der Waals surface area (Å²) in [7, 11) is 0. The van der Waals surface area contributed by atoms with Crippen LogP contribution in [0.15, 0.2) is 18.5 Å². The van der Waals surface area contributed by atoms with Gasteiger partial charge in [0.15, 0.2) is 0 Å². The second kappa shape index (κ2) is 2.98. The molecule has 80 valence electrons. The maximum atomic E-state index is 10.7. The van der Waals surface area contributed by atoms with Crippen molar-refractivity contribution in [3.8, 4) is 0 Å². The van der Waals surface area contributed by atoms with Crippen molar-refractivity contribution < 1.29 is 9.90 Å². The van der Waals surface area contributed by atoms with Crippen LogP contribution < -0.4 is 0 Å². The summed E-state index contributed by atoms with van der Waals surface area (Å²) < 4.78 is 1.94. The Kier molecular flexibility index (Phi) is 1.74. The Morgan fingerprint density at radius 1 is 1.47 bits per heavy atom. The molecule has 1 aromatic heterocycles. The first kappa shape index (κ1) is 8.76. The number of carbonyl (C=O) groups is 1. The van der Waals surface area contributed by atoms with Gasteiger partial charge in [-0.3, -0.25) is 4.68 Å². The molecule has 0 unspecified atom stereocenters. The highest BCUT2D eigenvalue weighted by Gasteiger charge is 2.56. The van der Waals surface area contributed by atoms with Crippen molar-refractivity contribution >= 4 is 6.09 Å². The molecule has 1 amide bonds. The fourth-order valence-electron chi connectivity index (χ4n) is 2.70. The molecule has 0 bridgehead atoms. The van der Waals surface area contributed by atoms with E-state index >= 15 is 0 Å². The molecular formula is C10H13N3O2. The van der Waals surface area contributed by atoms with Gasteiger partial charge in [-0.2, -0.15) is 5.10 Å². The molecule has 1 saturated carbocycles. The van der Waals surface area contributed by atoms with Crippen molar-refractivity contribution in [2.24, 2.45) is 17.8 Å². The van der Waals surface area contributed by atoms with E-state index in [1.807, 2.05) is 16.9 Å². The first-order valence-corrected chi connectivity index (χ1v) is 5.21. The summed E-state index contributed by atoms with van der Waals surface area (Å²) in [6.07, 6.45) is 2.96. The Morgan fingerprint density at radius 3 is 2.73 bits per heavy atom. The van der Waals surface area contributed by atoms with Gasteiger partial charge in [0.2, 0.25) is 0 Å². The van der Waals surface area contributed by atoms with E-state index in [1.54, 1.807) is 6.20 Å². The molecule has 2 aliphatic rings. The molecule has 1 aliphatic carbocycles. The van der Waals surface area contributed by atoms with Crippen LogP contribution in [0.3, 0.4) is 0 Å². The number of fused-ring (bicyclic) bond motifs is 1. The van der Waals surface area contributed by atoms with Gasteiger partial charge in [-0.1, -0.05) is 0 Å². The normalized spacial score (nSPS) is 32.8. The summed E-state index contributed by atoms with van der Waals surface area (Å²) in [6, 6.07) is 1.92. The maximum absolute atomic E-state index is 10.7. The summed E-state index contributed by atoms with van der Waals surface area (Å²) in [5, 5.41) is 13.0. The van der Waals surface area contributed by atoms with Crippen molar-refractivity contribution in [1.82, 2.24) is 14.7 Å². The Morgan fingerprint density at radius 2 is 2.20 bits per heavy atom. The monoisotopic (exact) mass is 207 g/mol. The zero-order chi connectivity index (χ0) is 10.4. The minimum absolute atomic E-state index is 0.574. The molecular weight excluding hydrogens is 194 g/mol. The summed E-state index contributed by atoms with van der Waals surface area (Å²) in [4.78, 5) is 12.2. The van der Waals surface area contributed by atoms with Gasteiger partial charge in [-0.25, -0.2) is 4.79 Å². The Hall–Kier alpha value is -1.52. The predicted molar refractivity (Wildman–Crippen MR) is 52.3 cm³/mol. The molecule has 1 saturated heterocycles. The minimum atomic E-state index is -0.778. The lowest BCUT2D eigenvalue weighted by atomic mass is 10.2. The SMILES string of the molecule is O=C(O)N1C[C@@H]2[C@H](C1)[C@H]2Cn1cccn1. The van der Waals surface area contributed by atoms with E-state index in [1.165, 1.54) is 4.90 Å². The van der Waals surface area contributed by atoms with Gasteiger partial charge in [0.05, 0.1) is 0 Å². The van der Waals surface area contributed by atoms with Gasteiger partial charge in [0.1, 0.15) is 0 Å². The van der Waals surface area contributed by atoms with Crippen LogP contribution in [-0.4, -0.2) is 39.0 Å². The molecule has 2 heterocycles. The van der Waals surface area contributed by atoms with Gasteiger partial charge >= 0.3 is 6.09 Å². The molecule has 3 rings (SSSR count). The molecule has 1 aromatic rings. The molecule has 5 nitrogen and oxygen atoms in total. The third-order valence-electron chi connectivity index (χ3n) is 3.60. The highest BCUT2D eigenvalue weighted by atomic mass is 16.4. The van der Waals surface area contributed by atoms with Crippen LogP contribution in [0, 0.1) is 17.8 Å². The minimum Gasteiger partial charge on any atom is -0.465 e. The fourth-order valence-corrected chi connectivity index (χ4v) is 2.70. The van der Waals surface area contributed by atoms with E-state index in [2.05, 4.69) is 5.10 Å². The van der Waals surface area contributed by atoms with Crippen LogP contribution in [-0.2, 0) is 6.54 Å². The van der Waals surface area contributed by atoms with Crippen molar-refractivity contribution in [1.29, 1.82) is 0 Å². The standard InChI is InChI=1S/C10H13N3O2/c14-10(15)12-4-7-8(5-12)9(7)6-13-3-1-2-11-13/h1-3,7-9H,4-6H2,(H,14,15)/t7-,8+,9+. The van der Waals surface area contributed by atoms with Crippen LogP contribution in [0.25, 0.3) is 0 Å². The van der Waals surface area contributed by atoms with Crippen LogP contribution in [0.1, 0.15) is 0 Å². The number of hydrogen-bond donors (Lipinski definition) is 1. The Bertz CT molecular complexity index is 364. The summed E-state index contributed by atoms with van der Waals surface area (Å²) in [5.74, 6) is 1.79. The average Bonchev–Trinajstić information content (AvgIpc) is 2.62. The largest absolute Gasteiger partial charge is 0.465 e. The smallest absolute Gasteiger partial charge is 0.407 e. The van der Waals surface area contributed by atoms with Gasteiger partial charge in [-0.15, -0.1) is 0 Å². The van der Waals surface area contributed by atoms with Crippen LogP contribution in [0.2, 0.25) is 0 Å². The maximum Gasteiger partial charge on any atom is 0.407 e. The Balaban J connectivity index is 1.57. The summed E-state index contributed by atoms with van der Waals surface area (Å²) in [5.41, 5.74) is 0. The molecule has 1 aliphatic heterocycles. The number of likely N-dealkylation sites (tertiary alicyclic amines) is 1. The first-order valence-electron chi connectivity index (χ1n) is 5.21. The fraction of sp³-hybridized carbons (Fsp3) is 0.600. The van der Waals surface area contributed by atoms with E-state index < -0.39 is 6.09 Å². The van der Waals surface area contributed by atoms with Crippen LogP contribution in [0.4, 0.5) is 4.79 Å². The molecule has 1 N–H and O–H groups in total. The Labute approximate surface area is 87.3 Å². The number of carboxylic acid groups (broad SMARTS) is 1. The second-order valence-corrected chi connectivity index (χ2v) is 4.41. The van der Waals surface area contributed by atoms with Gasteiger partial charge in [-0.05, 0) is 23.8 Å². The quantitative estimate of drug-likeness (QED) is 0.778. The topological polar surface area (TPSA) is 58.4 Å². The third-order valence-corrected chi connectivity index (χ3v) is 3.60. The summed E-state index contributed by atoms with van der Waals surface area (Å²) in [6.45, 7) is 2.37. The van der Waals surface area contributed by atoms with E-state index in [-0.39, 0.29) is 0 Å². The van der Waals surface area contributed by atoms with E-state index in [4.69, 9.17) is 5.11 Å². The number of nitrogens with zero attached hydrogens (tertiary/aromatic N) is 3. The predicted octanol–water partition coefficient (Wildman–Crippen LogP) is 0.739. The van der Waals surface area contributed by atoms with Crippen molar-refractivity contribution in [3.63, 3.8) is 0 Å². The van der Waals surface area contributed by atoms with Gasteiger partial charge < -0.3 is 10.0 Å². The number of hydrogen-bond acceptors (Lipinski definition) is 2. The molecule has 0 radical (unpaired) electrons. The highest BCUT2D eigenvalue weighted by Crippen LogP contribution is 2.52. The highest BCUT2D eigenvalue weighted by molar-refractivity contribution is 5.65. The lowest BCUT2D eigenvalue weighted by molar-refractivity contribution is 0.147. The van der Waals surface area contributed by atoms with E-state index in [0.29, 0.717) is 30.8 Å². The van der Waals surface area contributed by atoms with Crippen molar-refractivity contribution in [2.75, 3.05) is 13.1 Å². The summed E-state index contributed by atoms with van der Waals surface area (Å²) >= 11 is 0. The second-order valence-electron chi connectivity index (χ2n) is 4.41. The lowest BCUT2D eigenvalue weighted by Gasteiger charge is -2.15. The molecule has 2 fully saturated rings. The third kappa shape index (κ3) is 1.38. The number of aromatic nitrogens is 2. The zero-order valence-electron chi connectivity index (χ0n) is 8.28. The van der Waals surface area contributed by atoms with Gasteiger partial charge in [0.25, 0.3) is 0 Å². The lowest BCUT2D eigenvalue weighted by Crippen LogP contribution is -2.30. The van der Waals surface area contributed by atoms with Crippen molar-refractivity contribution in [2.45, 2.75) is 6.54 Å². The zero-order valence-corrected chi connectivity index (χ0v) is 8.28. The van der Waals surface area contributed by atoms with Crippen LogP contribution in [0.5, 0.6) is 0 Å². The molecule has 5 heteroatoms. The van der Waals surface area contributed by atoms with Crippen molar-refractivity contribution in [3.05, 3.63) is 18.5 Å². The van der Waals surface area contributed by atoms with Crippen LogP contribution >= 0.6 is 0 Å². The number of rotatable bonds is 2. The molecule has 15 heavy (non-hydrogen) atoms. The number of piperidine rings is 1. The van der Waals surface area contributed by atoms with E-state index in [0.717, 1.165) is 6.54 Å². The van der Waals surface area contributed by atoms with E-state index in [9.17, 15) is 4.79 Å². The molecule has 0 spiro atoms. The molecule has 3 atom stereocenters. The first-order chi connectivity index (χ1) is 7.25. The van der Waals surface area contributed by atoms with Gasteiger partial charge in [0, 0.05) is 32.0 Å². The number of amides is 1. The average molecular weight is 207 g/mol. The molecule has 0 aromatic carbocycles.